The van der Waals surface area contributed by atoms with Gasteiger partial charge in [0.05, 0.1) is 32.2 Å². The molecule has 4 rings (SSSR count). The molecule has 1 amide bonds. The summed E-state index contributed by atoms with van der Waals surface area (Å²) in [6.45, 7) is 2.44. The maximum absolute atomic E-state index is 12.5. The summed E-state index contributed by atoms with van der Waals surface area (Å²) in [7, 11) is 1.58. The number of carbonyl (C=O) groups excluding carboxylic acids is 1. The lowest BCUT2D eigenvalue weighted by Gasteiger charge is -2.14. The Labute approximate surface area is 220 Å². The minimum atomic E-state index is -0.253. The molecule has 0 atom stereocenters. The van der Waals surface area contributed by atoms with Crippen molar-refractivity contribution in [2.24, 2.45) is 4.99 Å². The van der Waals surface area contributed by atoms with Crippen LogP contribution in [0, 0.1) is 6.92 Å². The van der Waals surface area contributed by atoms with Crippen LogP contribution in [0.15, 0.2) is 69.0 Å². The Morgan fingerprint density at radius 2 is 1.94 bits per heavy atom. The Kier molecular flexibility index (Phi) is 7.88. The molecule has 1 aliphatic heterocycles. The fourth-order valence-corrected chi connectivity index (χ4v) is 4.99. The van der Waals surface area contributed by atoms with E-state index in [1.807, 2.05) is 37.3 Å². The predicted octanol–water partition coefficient (Wildman–Crippen LogP) is 7.54. The van der Waals surface area contributed by atoms with Crippen LogP contribution in [-0.4, -0.2) is 18.2 Å². The Hall–Kier alpha value is -2.45. The van der Waals surface area contributed by atoms with Crippen LogP contribution in [0.4, 0.5) is 5.69 Å². The molecule has 1 N–H and O–H groups in total. The third-order valence-electron chi connectivity index (χ3n) is 4.82. The van der Waals surface area contributed by atoms with Crippen molar-refractivity contribution in [2.75, 3.05) is 7.11 Å². The summed E-state index contributed by atoms with van der Waals surface area (Å²) in [5.74, 6) is 0.890. The monoisotopic (exact) mass is 576 g/mol. The largest absolute Gasteiger partial charge is 0.493 e. The molecule has 3 aromatic rings. The quantitative estimate of drug-likeness (QED) is 0.307. The number of benzene rings is 3. The molecular weight excluding hydrogens is 559 g/mol. The fourth-order valence-electron chi connectivity index (χ4n) is 3.24. The van der Waals surface area contributed by atoms with Gasteiger partial charge in [0, 0.05) is 0 Å². The van der Waals surface area contributed by atoms with Gasteiger partial charge in [0.15, 0.2) is 16.7 Å². The van der Waals surface area contributed by atoms with E-state index in [0.717, 1.165) is 11.1 Å². The molecule has 174 valence electrons. The lowest BCUT2D eigenvalue weighted by molar-refractivity contribution is -0.115. The summed E-state index contributed by atoms with van der Waals surface area (Å²) in [6.07, 6.45) is 1.76. The average molecular weight is 578 g/mol. The van der Waals surface area contributed by atoms with E-state index >= 15 is 0 Å². The summed E-state index contributed by atoms with van der Waals surface area (Å²) in [5, 5.41) is 3.90. The van der Waals surface area contributed by atoms with Gasteiger partial charge in [-0.3, -0.25) is 4.79 Å². The molecule has 0 radical (unpaired) electrons. The van der Waals surface area contributed by atoms with E-state index in [1.54, 1.807) is 31.4 Å². The number of halogens is 3. The summed E-state index contributed by atoms with van der Waals surface area (Å²) in [6, 6.07) is 17.0. The number of amides is 1. The lowest BCUT2D eigenvalue weighted by Crippen LogP contribution is -2.19. The van der Waals surface area contributed by atoms with Crippen molar-refractivity contribution in [1.29, 1.82) is 0 Å². The number of thioether (sulfide) groups is 1. The SMILES string of the molecule is COc1cc(/C=C2/SC(=Nc3cccc(Cl)c3Cl)NC2=O)cc(Br)c1OCc1cccc(C)c1. The van der Waals surface area contributed by atoms with Crippen molar-refractivity contribution in [3.05, 3.63) is 90.7 Å². The zero-order valence-corrected chi connectivity index (χ0v) is 22.1. The van der Waals surface area contributed by atoms with Crippen LogP contribution in [0.1, 0.15) is 16.7 Å². The highest BCUT2D eigenvalue weighted by molar-refractivity contribution is 9.10. The van der Waals surface area contributed by atoms with E-state index in [4.69, 9.17) is 32.7 Å². The topological polar surface area (TPSA) is 59.9 Å². The number of nitrogens with one attached hydrogen (secondary N) is 1. The summed E-state index contributed by atoms with van der Waals surface area (Å²) >= 11 is 17.0. The van der Waals surface area contributed by atoms with Gasteiger partial charge in [0.1, 0.15) is 6.61 Å². The molecular formula is C25H19BrCl2N2O3S. The summed E-state index contributed by atoms with van der Waals surface area (Å²) < 4.78 is 12.3. The number of nitrogens with zero attached hydrogens (tertiary/aromatic N) is 1. The molecule has 0 bridgehead atoms. The zero-order valence-electron chi connectivity index (χ0n) is 18.2. The number of hydrogen-bond donors (Lipinski definition) is 1. The van der Waals surface area contributed by atoms with Crippen LogP contribution in [-0.2, 0) is 11.4 Å². The highest BCUT2D eigenvalue weighted by Gasteiger charge is 2.24. The number of aryl methyl sites for hydroxylation is 1. The molecule has 1 fully saturated rings. The van der Waals surface area contributed by atoms with Crippen LogP contribution >= 0.6 is 50.9 Å². The van der Waals surface area contributed by atoms with E-state index in [-0.39, 0.29) is 5.91 Å². The Bertz CT molecular complexity index is 1330. The van der Waals surface area contributed by atoms with E-state index in [1.165, 1.54) is 17.3 Å². The minimum absolute atomic E-state index is 0.253. The molecule has 3 aromatic carbocycles. The number of rotatable bonds is 6. The normalized spacial score (nSPS) is 15.6. The molecule has 1 aliphatic rings. The second-order valence-corrected chi connectivity index (χ2v) is 10.0. The van der Waals surface area contributed by atoms with Crippen LogP contribution < -0.4 is 14.8 Å². The van der Waals surface area contributed by atoms with Crippen LogP contribution in [0.3, 0.4) is 0 Å². The van der Waals surface area contributed by atoms with Gasteiger partial charge in [-0.15, -0.1) is 0 Å². The van der Waals surface area contributed by atoms with Crippen molar-refractivity contribution in [3.8, 4) is 11.5 Å². The van der Waals surface area contributed by atoms with Gasteiger partial charge in [0.2, 0.25) is 0 Å². The van der Waals surface area contributed by atoms with Gasteiger partial charge >= 0.3 is 0 Å². The summed E-state index contributed by atoms with van der Waals surface area (Å²) in [4.78, 5) is 17.4. The van der Waals surface area contributed by atoms with Gasteiger partial charge in [-0.25, -0.2) is 4.99 Å². The Balaban J connectivity index is 1.55. The van der Waals surface area contributed by atoms with E-state index in [2.05, 4.69) is 32.3 Å². The maximum atomic E-state index is 12.5. The van der Waals surface area contributed by atoms with Gasteiger partial charge < -0.3 is 14.8 Å². The number of hydrogen-bond acceptors (Lipinski definition) is 5. The van der Waals surface area contributed by atoms with Crippen molar-refractivity contribution in [2.45, 2.75) is 13.5 Å². The standard InChI is InChI=1S/C25H19BrCl2N2O3S/c1-14-5-3-6-15(9-14)13-33-23-17(26)10-16(11-20(23)32-2)12-21-24(31)30-25(34-21)29-19-8-4-7-18(27)22(19)28/h3-12H,13H2,1-2H3,(H,29,30,31)/b21-12+. The molecule has 34 heavy (non-hydrogen) atoms. The lowest BCUT2D eigenvalue weighted by atomic mass is 10.1. The predicted molar refractivity (Wildman–Crippen MR) is 143 cm³/mol. The van der Waals surface area contributed by atoms with Crippen LogP contribution in [0.5, 0.6) is 11.5 Å². The first-order valence-electron chi connectivity index (χ1n) is 10.1. The van der Waals surface area contributed by atoms with E-state index < -0.39 is 0 Å². The van der Waals surface area contributed by atoms with Crippen LogP contribution in [0.25, 0.3) is 6.08 Å². The fraction of sp³-hybridized carbons (Fsp3) is 0.120. The average Bonchev–Trinajstić information content (AvgIpc) is 3.14. The number of methoxy groups -OCH3 is 1. The molecule has 9 heteroatoms. The zero-order chi connectivity index (χ0) is 24.2. The number of aliphatic imine (C=N–C) groups is 1. The highest BCUT2D eigenvalue weighted by atomic mass is 79.9. The van der Waals surface area contributed by atoms with Crippen molar-refractivity contribution in [1.82, 2.24) is 5.32 Å². The molecule has 0 saturated carbocycles. The van der Waals surface area contributed by atoms with Gasteiger partial charge in [-0.05, 0) is 76.1 Å². The smallest absolute Gasteiger partial charge is 0.264 e. The molecule has 5 nitrogen and oxygen atoms in total. The van der Waals surface area contributed by atoms with Crippen molar-refractivity contribution in [3.63, 3.8) is 0 Å². The minimum Gasteiger partial charge on any atom is -0.493 e. The maximum Gasteiger partial charge on any atom is 0.264 e. The third kappa shape index (κ3) is 5.78. The second kappa shape index (κ2) is 10.9. The first-order valence-corrected chi connectivity index (χ1v) is 12.5. The number of ether oxygens (including phenoxy) is 2. The Morgan fingerprint density at radius 3 is 2.71 bits per heavy atom. The molecule has 1 heterocycles. The first-order chi connectivity index (χ1) is 16.3. The number of carbonyl (C=O) groups is 1. The van der Waals surface area contributed by atoms with Crippen molar-refractivity contribution >= 4 is 73.7 Å². The van der Waals surface area contributed by atoms with E-state index in [9.17, 15) is 4.79 Å². The molecule has 0 spiro atoms. The van der Waals surface area contributed by atoms with Gasteiger partial charge in [-0.1, -0.05) is 59.1 Å². The molecule has 0 unspecified atom stereocenters. The van der Waals surface area contributed by atoms with Crippen molar-refractivity contribution < 1.29 is 14.3 Å². The molecule has 0 aliphatic carbocycles. The van der Waals surface area contributed by atoms with Gasteiger partial charge in [0.25, 0.3) is 5.91 Å². The van der Waals surface area contributed by atoms with Crippen LogP contribution in [0.2, 0.25) is 10.0 Å². The van der Waals surface area contributed by atoms with E-state index in [0.29, 0.717) is 48.4 Å². The van der Waals surface area contributed by atoms with Gasteiger partial charge in [-0.2, -0.15) is 0 Å². The molecule has 1 saturated heterocycles. The first kappa shape index (κ1) is 24.7. The Morgan fingerprint density at radius 1 is 1.15 bits per heavy atom. The summed E-state index contributed by atoms with van der Waals surface area (Å²) in [5.41, 5.74) is 3.48. The third-order valence-corrected chi connectivity index (χ3v) is 7.13. The second-order valence-electron chi connectivity index (χ2n) is 7.37. The molecule has 0 aromatic heterocycles. The number of amidine groups is 1. The highest BCUT2D eigenvalue weighted by Crippen LogP contribution is 2.39.